The van der Waals surface area contributed by atoms with E-state index in [1.165, 1.54) is 11.1 Å². The van der Waals surface area contributed by atoms with E-state index >= 15 is 0 Å². The van der Waals surface area contributed by atoms with Crippen LogP contribution in [0.15, 0.2) is 42.7 Å². The molecule has 0 unspecified atom stereocenters. The Morgan fingerprint density at radius 1 is 1.10 bits per heavy atom. The molecule has 0 radical (unpaired) electrons. The van der Waals surface area contributed by atoms with E-state index in [2.05, 4.69) is 35.6 Å². The molecule has 0 spiro atoms. The summed E-state index contributed by atoms with van der Waals surface area (Å²) in [5.41, 5.74) is 2.47. The number of aromatic nitrogens is 2. The molecule has 0 atom stereocenters. The molecule has 0 aliphatic heterocycles. The Hall–Kier alpha value is -0.990. The van der Waals surface area contributed by atoms with Crippen LogP contribution in [-0.4, -0.2) is 21.5 Å². The highest BCUT2D eigenvalue weighted by molar-refractivity contribution is 6.21. The minimum absolute atomic E-state index is 0.0553. The Balaban J connectivity index is 2.04. The lowest BCUT2D eigenvalue weighted by Crippen LogP contribution is -2.29. The van der Waals surface area contributed by atoms with E-state index in [9.17, 15) is 0 Å². The largest absolute Gasteiger partial charge is 0.276 e. The predicted octanol–water partition coefficient (Wildman–Crippen LogP) is 4.06. The van der Waals surface area contributed by atoms with Crippen molar-refractivity contribution >= 4 is 23.2 Å². The first-order valence-electron chi connectivity index (χ1n) is 6.81. The lowest BCUT2D eigenvalue weighted by molar-refractivity contribution is 0.345. The van der Waals surface area contributed by atoms with Crippen LogP contribution in [0.1, 0.15) is 17.5 Å². The summed E-state index contributed by atoms with van der Waals surface area (Å²) in [7, 11) is 1.93. The van der Waals surface area contributed by atoms with Crippen LogP contribution in [0.25, 0.3) is 0 Å². The Morgan fingerprint density at radius 2 is 1.80 bits per heavy atom. The number of benzene rings is 1. The van der Waals surface area contributed by atoms with Crippen LogP contribution in [0.5, 0.6) is 0 Å². The molecule has 2 rings (SSSR count). The number of hydrogen-bond donors (Lipinski definition) is 0. The molecule has 0 fully saturated rings. The van der Waals surface area contributed by atoms with E-state index < -0.39 is 0 Å². The second kappa shape index (κ2) is 7.14. The zero-order valence-electron chi connectivity index (χ0n) is 11.7. The van der Waals surface area contributed by atoms with Crippen molar-refractivity contribution in [3.8, 4) is 0 Å². The third-order valence-corrected chi connectivity index (χ3v) is 4.83. The van der Waals surface area contributed by atoms with Crippen LogP contribution in [-0.2, 0) is 19.9 Å². The minimum atomic E-state index is -0.0553. The van der Waals surface area contributed by atoms with Crippen molar-refractivity contribution in [2.45, 2.75) is 19.3 Å². The van der Waals surface area contributed by atoms with Gasteiger partial charge in [-0.3, -0.25) is 4.68 Å². The minimum Gasteiger partial charge on any atom is -0.276 e. The smallest absolute Gasteiger partial charge is 0.0521 e. The molecule has 20 heavy (non-hydrogen) atoms. The van der Waals surface area contributed by atoms with Crippen molar-refractivity contribution < 1.29 is 0 Å². The first kappa shape index (κ1) is 15.4. The average Bonchev–Trinajstić information content (AvgIpc) is 2.90. The summed E-state index contributed by atoms with van der Waals surface area (Å²) < 4.78 is 1.83. The summed E-state index contributed by atoms with van der Waals surface area (Å²) in [5, 5.41) is 4.20. The van der Waals surface area contributed by atoms with E-state index in [-0.39, 0.29) is 5.41 Å². The SMILES string of the molecule is Cn1cc(CCC(CCl)(CCl)Cc2ccccc2)cn1. The third-order valence-electron chi connectivity index (χ3n) is 3.69. The highest BCUT2D eigenvalue weighted by atomic mass is 35.5. The predicted molar refractivity (Wildman–Crippen MR) is 85.5 cm³/mol. The highest BCUT2D eigenvalue weighted by Crippen LogP contribution is 2.32. The molecule has 1 aromatic heterocycles. The number of hydrogen-bond acceptors (Lipinski definition) is 1. The molecular weight excluding hydrogens is 291 g/mol. The zero-order valence-corrected chi connectivity index (χ0v) is 13.2. The highest BCUT2D eigenvalue weighted by Gasteiger charge is 2.28. The standard InChI is InChI=1S/C16H20Cl2N2/c1-20-11-15(10-19-20)7-8-16(12-17,13-18)9-14-5-3-2-4-6-14/h2-6,10-11H,7-9,12-13H2,1H3. The van der Waals surface area contributed by atoms with E-state index in [1.807, 2.05) is 24.0 Å². The number of nitrogens with zero attached hydrogens (tertiary/aromatic N) is 2. The van der Waals surface area contributed by atoms with Gasteiger partial charge in [-0.25, -0.2) is 0 Å². The van der Waals surface area contributed by atoms with E-state index in [0.717, 1.165) is 19.3 Å². The Bertz CT molecular complexity index is 518. The zero-order chi connectivity index (χ0) is 14.4. The Labute approximate surface area is 130 Å². The summed E-state index contributed by atoms with van der Waals surface area (Å²) in [5.74, 6) is 1.15. The fourth-order valence-corrected chi connectivity index (χ4v) is 3.13. The Morgan fingerprint density at radius 3 is 2.35 bits per heavy atom. The lowest BCUT2D eigenvalue weighted by Gasteiger charge is -2.29. The number of rotatable bonds is 7. The molecule has 0 N–H and O–H groups in total. The van der Waals surface area contributed by atoms with Gasteiger partial charge in [0.2, 0.25) is 0 Å². The molecule has 0 saturated carbocycles. The number of aryl methyl sites for hydroxylation is 2. The first-order valence-corrected chi connectivity index (χ1v) is 7.88. The molecular formula is C16H20Cl2N2. The second-order valence-electron chi connectivity index (χ2n) is 5.45. The summed E-state index contributed by atoms with van der Waals surface area (Å²) in [6.07, 6.45) is 6.81. The van der Waals surface area contributed by atoms with Gasteiger partial charge in [0.15, 0.2) is 0 Å². The molecule has 0 amide bonds. The van der Waals surface area contributed by atoms with Gasteiger partial charge in [-0.2, -0.15) is 5.10 Å². The van der Waals surface area contributed by atoms with E-state index in [1.54, 1.807) is 0 Å². The summed E-state index contributed by atoms with van der Waals surface area (Å²) in [4.78, 5) is 0. The van der Waals surface area contributed by atoms with Gasteiger partial charge in [0.1, 0.15) is 0 Å². The van der Waals surface area contributed by atoms with Crippen molar-refractivity contribution in [2.24, 2.45) is 12.5 Å². The third kappa shape index (κ3) is 4.00. The van der Waals surface area contributed by atoms with Crippen LogP contribution in [0.3, 0.4) is 0 Å². The van der Waals surface area contributed by atoms with Crippen molar-refractivity contribution in [3.05, 3.63) is 53.9 Å². The molecule has 0 bridgehead atoms. The topological polar surface area (TPSA) is 17.8 Å². The van der Waals surface area contributed by atoms with E-state index in [4.69, 9.17) is 23.2 Å². The van der Waals surface area contributed by atoms with Crippen LogP contribution >= 0.6 is 23.2 Å². The molecule has 0 aliphatic carbocycles. The van der Waals surface area contributed by atoms with Gasteiger partial charge in [0.05, 0.1) is 6.20 Å². The van der Waals surface area contributed by atoms with Crippen LogP contribution in [0, 0.1) is 5.41 Å². The average molecular weight is 311 g/mol. The molecule has 1 heterocycles. The fraction of sp³-hybridized carbons (Fsp3) is 0.438. The summed E-state index contributed by atoms with van der Waals surface area (Å²) >= 11 is 12.5. The number of alkyl halides is 2. The fourth-order valence-electron chi connectivity index (χ4n) is 2.39. The molecule has 0 aliphatic rings. The lowest BCUT2D eigenvalue weighted by atomic mass is 9.80. The maximum Gasteiger partial charge on any atom is 0.0521 e. The second-order valence-corrected chi connectivity index (χ2v) is 5.99. The van der Waals surface area contributed by atoms with Gasteiger partial charge >= 0.3 is 0 Å². The summed E-state index contributed by atoms with van der Waals surface area (Å²) in [6.45, 7) is 0. The summed E-state index contributed by atoms with van der Waals surface area (Å²) in [6, 6.07) is 10.4. The molecule has 2 aromatic rings. The van der Waals surface area contributed by atoms with Gasteiger partial charge < -0.3 is 0 Å². The van der Waals surface area contributed by atoms with E-state index in [0.29, 0.717) is 11.8 Å². The number of halogens is 2. The quantitative estimate of drug-likeness (QED) is 0.705. The van der Waals surface area contributed by atoms with Gasteiger partial charge in [0.25, 0.3) is 0 Å². The van der Waals surface area contributed by atoms with Crippen molar-refractivity contribution in [1.82, 2.24) is 9.78 Å². The molecule has 4 heteroatoms. The van der Waals surface area contributed by atoms with Crippen molar-refractivity contribution in [3.63, 3.8) is 0 Å². The molecule has 108 valence electrons. The van der Waals surface area contributed by atoms with Gasteiger partial charge in [-0.15, -0.1) is 23.2 Å². The maximum atomic E-state index is 6.24. The van der Waals surface area contributed by atoms with Gasteiger partial charge in [-0.1, -0.05) is 30.3 Å². The Kier molecular flexibility index (Phi) is 5.50. The van der Waals surface area contributed by atoms with Crippen LogP contribution in [0.2, 0.25) is 0 Å². The first-order chi connectivity index (χ1) is 9.67. The maximum absolute atomic E-state index is 6.24. The van der Waals surface area contributed by atoms with Crippen LogP contribution < -0.4 is 0 Å². The van der Waals surface area contributed by atoms with Crippen LogP contribution in [0.4, 0.5) is 0 Å². The van der Waals surface area contributed by atoms with Crippen molar-refractivity contribution in [2.75, 3.05) is 11.8 Å². The van der Waals surface area contributed by atoms with Gasteiger partial charge in [-0.05, 0) is 30.4 Å². The van der Waals surface area contributed by atoms with Crippen molar-refractivity contribution in [1.29, 1.82) is 0 Å². The monoisotopic (exact) mass is 310 g/mol. The van der Waals surface area contributed by atoms with Gasteiger partial charge in [0, 0.05) is 30.4 Å². The molecule has 0 saturated heterocycles. The molecule has 2 nitrogen and oxygen atoms in total. The normalized spacial score (nSPS) is 11.8. The molecule has 1 aromatic carbocycles.